The van der Waals surface area contributed by atoms with Gasteiger partial charge in [-0.2, -0.15) is 11.8 Å². The predicted octanol–water partition coefficient (Wildman–Crippen LogP) is 2.54. The number of hydrogen-bond donors (Lipinski definition) is 1. The van der Waals surface area contributed by atoms with E-state index in [1.54, 1.807) is 0 Å². The van der Waals surface area contributed by atoms with E-state index in [0.29, 0.717) is 0 Å². The summed E-state index contributed by atoms with van der Waals surface area (Å²) in [4.78, 5) is 0. The van der Waals surface area contributed by atoms with E-state index in [1.807, 2.05) is 25.6 Å². The molecule has 11 heavy (non-hydrogen) atoms. The van der Waals surface area contributed by atoms with Crippen LogP contribution in [0.5, 0.6) is 0 Å². The van der Waals surface area contributed by atoms with Crippen LogP contribution in [0.4, 0.5) is 0 Å². The maximum atomic E-state index is 9.36. The molecule has 0 fully saturated rings. The number of thioether (sulfide) groups is 1. The van der Waals surface area contributed by atoms with Gasteiger partial charge in [0.15, 0.2) is 0 Å². The Kier molecular flexibility index (Phi) is 5.19. The number of aliphatic hydroxyl groups is 1. The summed E-state index contributed by atoms with van der Waals surface area (Å²) in [5.74, 6) is 2.80. The van der Waals surface area contributed by atoms with Gasteiger partial charge >= 0.3 is 0 Å². The molecule has 0 spiro atoms. The Morgan fingerprint density at radius 3 is 2.27 bits per heavy atom. The van der Waals surface area contributed by atoms with Crippen LogP contribution in [0, 0.1) is 5.92 Å². The third-order valence-corrected chi connectivity index (χ3v) is 2.73. The van der Waals surface area contributed by atoms with Gasteiger partial charge in [0.1, 0.15) is 0 Å². The normalized spacial score (nSPS) is 12.5. The standard InChI is InChI=1S/C9H20OS/c1-8(2)5-6-11-7-9(3,4)10/h8,10H,5-7H2,1-4H3. The SMILES string of the molecule is CC(C)CCSCC(C)(C)O. The molecule has 0 heterocycles. The average molecular weight is 176 g/mol. The van der Waals surface area contributed by atoms with Crippen molar-refractivity contribution >= 4 is 11.8 Å². The van der Waals surface area contributed by atoms with Crippen LogP contribution >= 0.6 is 11.8 Å². The highest BCUT2D eigenvalue weighted by molar-refractivity contribution is 7.99. The molecule has 0 aliphatic rings. The minimum absolute atomic E-state index is 0.498. The summed E-state index contributed by atoms with van der Waals surface area (Å²) >= 11 is 1.84. The lowest BCUT2D eigenvalue weighted by molar-refractivity contribution is 0.107. The molecular weight excluding hydrogens is 156 g/mol. The van der Waals surface area contributed by atoms with Crippen LogP contribution in [0.25, 0.3) is 0 Å². The fourth-order valence-corrected chi connectivity index (χ4v) is 1.92. The molecule has 0 amide bonds. The van der Waals surface area contributed by atoms with E-state index in [-0.39, 0.29) is 0 Å². The van der Waals surface area contributed by atoms with E-state index in [2.05, 4.69) is 13.8 Å². The minimum atomic E-state index is -0.498. The zero-order valence-electron chi connectivity index (χ0n) is 8.05. The van der Waals surface area contributed by atoms with Crippen molar-refractivity contribution in [3.05, 3.63) is 0 Å². The fraction of sp³-hybridized carbons (Fsp3) is 1.00. The Hall–Kier alpha value is 0.310. The van der Waals surface area contributed by atoms with Gasteiger partial charge in [-0.1, -0.05) is 13.8 Å². The van der Waals surface area contributed by atoms with Crippen molar-refractivity contribution in [3.8, 4) is 0 Å². The second-order valence-corrected chi connectivity index (χ2v) is 5.15. The highest BCUT2D eigenvalue weighted by Gasteiger charge is 2.11. The largest absolute Gasteiger partial charge is 0.390 e. The number of rotatable bonds is 5. The van der Waals surface area contributed by atoms with E-state index in [1.165, 1.54) is 12.2 Å². The van der Waals surface area contributed by atoms with Gasteiger partial charge in [0.25, 0.3) is 0 Å². The van der Waals surface area contributed by atoms with Gasteiger partial charge in [0, 0.05) is 5.75 Å². The molecule has 2 heteroatoms. The van der Waals surface area contributed by atoms with Crippen LogP contribution in [-0.4, -0.2) is 22.2 Å². The Morgan fingerprint density at radius 2 is 1.91 bits per heavy atom. The predicted molar refractivity (Wildman–Crippen MR) is 53.1 cm³/mol. The van der Waals surface area contributed by atoms with E-state index >= 15 is 0 Å². The average Bonchev–Trinajstić information content (AvgIpc) is 1.78. The van der Waals surface area contributed by atoms with Crippen LogP contribution in [0.1, 0.15) is 34.1 Å². The van der Waals surface area contributed by atoms with Gasteiger partial charge in [0.2, 0.25) is 0 Å². The molecule has 0 unspecified atom stereocenters. The summed E-state index contributed by atoms with van der Waals surface area (Å²) in [5.41, 5.74) is -0.498. The van der Waals surface area contributed by atoms with Crippen molar-refractivity contribution in [2.45, 2.75) is 39.7 Å². The molecule has 0 saturated carbocycles. The summed E-state index contributed by atoms with van der Waals surface area (Å²) in [6, 6.07) is 0. The smallest absolute Gasteiger partial charge is 0.0681 e. The monoisotopic (exact) mass is 176 g/mol. The van der Waals surface area contributed by atoms with Crippen LogP contribution < -0.4 is 0 Å². The fourth-order valence-electron chi connectivity index (χ4n) is 0.641. The molecule has 0 aromatic heterocycles. The number of hydrogen-bond acceptors (Lipinski definition) is 2. The zero-order chi connectivity index (χ0) is 8.91. The lowest BCUT2D eigenvalue weighted by Gasteiger charge is -2.16. The van der Waals surface area contributed by atoms with E-state index in [9.17, 15) is 5.11 Å². The first-order valence-corrected chi connectivity index (χ1v) is 5.37. The van der Waals surface area contributed by atoms with Gasteiger partial charge in [0.05, 0.1) is 5.60 Å². The van der Waals surface area contributed by atoms with E-state index in [0.717, 1.165) is 11.7 Å². The van der Waals surface area contributed by atoms with Crippen LogP contribution in [0.15, 0.2) is 0 Å². The molecule has 0 radical (unpaired) electrons. The molecule has 0 rings (SSSR count). The van der Waals surface area contributed by atoms with Gasteiger partial charge < -0.3 is 5.11 Å². The summed E-state index contributed by atoms with van der Waals surface area (Å²) in [5, 5.41) is 9.36. The molecule has 1 nitrogen and oxygen atoms in total. The van der Waals surface area contributed by atoms with Gasteiger partial charge in [-0.05, 0) is 31.9 Å². The van der Waals surface area contributed by atoms with Crippen molar-refractivity contribution in [2.24, 2.45) is 5.92 Å². The maximum Gasteiger partial charge on any atom is 0.0681 e. The van der Waals surface area contributed by atoms with E-state index < -0.39 is 5.60 Å². The first kappa shape index (κ1) is 11.3. The van der Waals surface area contributed by atoms with Crippen molar-refractivity contribution in [2.75, 3.05) is 11.5 Å². The van der Waals surface area contributed by atoms with Crippen LogP contribution in [0.3, 0.4) is 0 Å². The molecular formula is C9H20OS. The third kappa shape index (κ3) is 10.3. The molecule has 0 atom stereocenters. The van der Waals surface area contributed by atoms with Gasteiger partial charge in [-0.25, -0.2) is 0 Å². The highest BCUT2D eigenvalue weighted by Crippen LogP contribution is 2.14. The van der Waals surface area contributed by atoms with E-state index in [4.69, 9.17) is 0 Å². The summed E-state index contributed by atoms with van der Waals surface area (Å²) in [7, 11) is 0. The Balaban J connectivity index is 3.15. The third-order valence-electron chi connectivity index (χ3n) is 1.29. The molecule has 0 saturated heterocycles. The molecule has 0 aliphatic carbocycles. The lowest BCUT2D eigenvalue weighted by atomic mass is 10.2. The van der Waals surface area contributed by atoms with Crippen molar-refractivity contribution in [1.29, 1.82) is 0 Å². The van der Waals surface area contributed by atoms with Crippen molar-refractivity contribution < 1.29 is 5.11 Å². The topological polar surface area (TPSA) is 20.2 Å². The molecule has 0 aliphatic heterocycles. The molecule has 0 aromatic rings. The summed E-state index contributed by atoms with van der Waals surface area (Å²) in [6.45, 7) is 8.17. The van der Waals surface area contributed by atoms with Crippen LogP contribution in [0.2, 0.25) is 0 Å². The summed E-state index contributed by atoms with van der Waals surface area (Å²) in [6.07, 6.45) is 1.25. The Bertz CT molecular complexity index is 94.2. The maximum absolute atomic E-state index is 9.36. The van der Waals surface area contributed by atoms with Gasteiger partial charge in [-0.3, -0.25) is 0 Å². The summed E-state index contributed by atoms with van der Waals surface area (Å²) < 4.78 is 0. The van der Waals surface area contributed by atoms with Gasteiger partial charge in [-0.15, -0.1) is 0 Å². The van der Waals surface area contributed by atoms with Crippen molar-refractivity contribution in [1.82, 2.24) is 0 Å². The van der Waals surface area contributed by atoms with Crippen molar-refractivity contribution in [3.63, 3.8) is 0 Å². The molecule has 0 aromatic carbocycles. The molecule has 1 N–H and O–H groups in total. The Morgan fingerprint density at radius 1 is 1.36 bits per heavy atom. The molecule has 68 valence electrons. The first-order valence-electron chi connectivity index (χ1n) is 4.22. The molecule has 0 bridgehead atoms. The Labute approximate surface area is 74.6 Å². The van der Waals surface area contributed by atoms with Crippen LogP contribution in [-0.2, 0) is 0 Å². The quantitative estimate of drug-likeness (QED) is 0.650. The second-order valence-electron chi connectivity index (χ2n) is 4.05. The highest BCUT2D eigenvalue weighted by atomic mass is 32.2. The zero-order valence-corrected chi connectivity index (χ0v) is 8.87. The second kappa shape index (κ2) is 5.04. The first-order chi connectivity index (χ1) is 4.92. The lowest BCUT2D eigenvalue weighted by Crippen LogP contribution is -2.22. The minimum Gasteiger partial charge on any atom is -0.390 e.